The van der Waals surface area contributed by atoms with Crippen LogP contribution in [0.4, 0.5) is 0 Å². The van der Waals surface area contributed by atoms with Crippen molar-refractivity contribution in [3.63, 3.8) is 0 Å². The standard InChI is InChI=1S/C14H18BrN3OS/c1-14(2,3)16-8-12-17-18-13(20-12)19-9-10-5-4-6-11(15)7-10/h4-7,16H,8-9H2,1-3H3. The Morgan fingerprint density at radius 2 is 2.10 bits per heavy atom. The van der Waals surface area contributed by atoms with Gasteiger partial charge in [-0.1, -0.05) is 44.5 Å². The second kappa shape index (κ2) is 6.65. The number of benzene rings is 1. The van der Waals surface area contributed by atoms with E-state index in [1.165, 1.54) is 11.3 Å². The first kappa shape index (κ1) is 15.4. The summed E-state index contributed by atoms with van der Waals surface area (Å²) in [5.41, 5.74) is 1.17. The highest BCUT2D eigenvalue weighted by Gasteiger charge is 2.11. The zero-order chi connectivity index (χ0) is 14.6. The summed E-state index contributed by atoms with van der Waals surface area (Å²) in [5.74, 6) is 0. The van der Waals surface area contributed by atoms with Gasteiger partial charge >= 0.3 is 0 Å². The topological polar surface area (TPSA) is 47.0 Å². The van der Waals surface area contributed by atoms with Crippen LogP contribution >= 0.6 is 27.3 Å². The molecule has 20 heavy (non-hydrogen) atoms. The third kappa shape index (κ3) is 5.19. The highest BCUT2D eigenvalue weighted by atomic mass is 79.9. The van der Waals surface area contributed by atoms with E-state index in [1.54, 1.807) is 0 Å². The molecule has 2 aromatic rings. The summed E-state index contributed by atoms with van der Waals surface area (Å²) >= 11 is 4.92. The van der Waals surface area contributed by atoms with E-state index in [4.69, 9.17) is 4.74 Å². The van der Waals surface area contributed by atoms with Gasteiger partial charge in [0.15, 0.2) is 0 Å². The number of halogens is 1. The van der Waals surface area contributed by atoms with Gasteiger partial charge in [-0.05, 0) is 38.5 Å². The van der Waals surface area contributed by atoms with Crippen LogP contribution in [-0.2, 0) is 13.2 Å². The molecule has 0 saturated carbocycles. The normalized spacial score (nSPS) is 11.6. The van der Waals surface area contributed by atoms with Crippen molar-refractivity contribution in [1.82, 2.24) is 15.5 Å². The first-order valence-electron chi connectivity index (χ1n) is 6.37. The van der Waals surface area contributed by atoms with Crippen molar-refractivity contribution >= 4 is 27.3 Å². The number of nitrogens with one attached hydrogen (secondary N) is 1. The zero-order valence-corrected chi connectivity index (χ0v) is 14.2. The van der Waals surface area contributed by atoms with E-state index in [-0.39, 0.29) is 5.54 Å². The third-order valence-corrected chi connectivity index (χ3v) is 3.80. The molecule has 4 nitrogen and oxygen atoms in total. The van der Waals surface area contributed by atoms with Crippen LogP contribution in [0.5, 0.6) is 5.19 Å². The van der Waals surface area contributed by atoms with Gasteiger partial charge in [-0.2, -0.15) is 0 Å². The maximum absolute atomic E-state index is 5.66. The minimum Gasteiger partial charge on any atom is -0.464 e. The van der Waals surface area contributed by atoms with Gasteiger partial charge in [0.2, 0.25) is 0 Å². The lowest BCUT2D eigenvalue weighted by molar-refractivity contribution is 0.302. The SMILES string of the molecule is CC(C)(C)NCc1nnc(OCc2cccc(Br)c2)s1. The predicted molar refractivity (Wildman–Crippen MR) is 85.0 cm³/mol. The van der Waals surface area contributed by atoms with Crippen LogP contribution in [0.1, 0.15) is 31.3 Å². The van der Waals surface area contributed by atoms with Gasteiger partial charge in [0.1, 0.15) is 11.6 Å². The van der Waals surface area contributed by atoms with Gasteiger partial charge < -0.3 is 10.1 Å². The maximum atomic E-state index is 5.66. The molecule has 1 heterocycles. The number of rotatable bonds is 5. The van der Waals surface area contributed by atoms with Gasteiger partial charge in [-0.15, -0.1) is 5.10 Å². The molecule has 0 spiro atoms. The zero-order valence-electron chi connectivity index (χ0n) is 11.8. The summed E-state index contributed by atoms with van der Waals surface area (Å²) in [5, 5.41) is 13.1. The lowest BCUT2D eigenvalue weighted by Crippen LogP contribution is -2.35. The van der Waals surface area contributed by atoms with Gasteiger partial charge in [-0.3, -0.25) is 0 Å². The Bertz CT molecular complexity index is 566. The molecular formula is C14H18BrN3OS. The molecule has 0 aliphatic rings. The van der Waals surface area contributed by atoms with Crippen LogP contribution in [0, 0.1) is 0 Å². The molecule has 2 rings (SSSR count). The molecule has 108 valence electrons. The molecule has 0 saturated heterocycles. The van der Waals surface area contributed by atoms with Crippen LogP contribution < -0.4 is 10.1 Å². The van der Waals surface area contributed by atoms with Crippen LogP contribution in [0.3, 0.4) is 0 Å². The largest absolute Gasteiger partial charge is 0.464 e. The molecule has 1 aromatic carbocycles. The van der Waals surface area contributed by atoms with E-state index in [1.807, 2.05) is 24.3 Å². The fourth-order valence-corrected chi connectivity index (χ4v) is 2.55. The van der Waals surface area contributed by atoms with Crippen molar-refractivity contribution in [1.29, 1.82) is 0 Å². The first-order valence-corrected chi connectivity index (χ1v) is 7.98. The van der Waals surface area contributed by atoms with Gasteiger partial charge in [0.25, 0.3) is 5.19 Å². The number of nitrogens with zero attached hydrogens (tertiary/aromatic N) is 2. The second-order valence-corrected chi connectivity index (χ2v) is 7.42. The van der Waals surface area contributed by atoms with E-state index in [0.29, 0.717) is 18.3 Å². The minimum atomic E-state index is 0.0724. The van der Waals surface area contributed by atoms with E-state index in [9.17, 15) is 0 Å². The Hall–Kier alpha value is -0.980. The average Bonchev–Trinajstić information content (AvgIpc) is 2.81. The Labute approximate surface area is 131 Å². The highest BCUT2D eigenvalue weighted by Crippen LogP contribution is 2.20. The van der Waals surface area contributed by atoms with Crippen molar-refractivity contribution in [2.45, 2.75) is 39.5 Å². The summed E-state index contributed by atoms with van der Waals surface area (Å²) in [6, 6.07) is 8.03. The maximum Gasteiger partial charge on any atom is 0.294 e. The fraction of sp³-hybridized carbons (Fsp3) is 0.429. The smallest absolute Gasteiger partial charge is 0.294 e. The van der Waals surface area contributed by atoms with Crippen LogP contribution in [0.15, 0.2) is 28.7 Å². The Balaban J connectivity index is 1.87. The molecule has 6 heteroatoms. The summed E-state index contributed by atoms with van der Waals surface area (Å²) in [7, 11) is 0. The van der Waals surface area contributed by atoms with Crippen molar-refractivity contribution in [3.05, 3.63) is 39.3 Å². The molecule has 0 radical (unpaired) electrons. The Morgan fingerprint density at radius 1 is 1.30 bits per heavy atom. The molecule has 0 fully saturated rings. The van der Waals surface area contributed by atoms with Gasteiger partial charge in [-0.25, -0.2) is 0 Å². The van der Waals surface area contributed by atoms with Crippen molar-refractivity contribution < 1.29 is 4.74 Å². The van der Waals surface area contributed by atoms with Crippen LogP contribution in [0.25, 0.3) is 0 Å². The molecule has 0 unspecified atom stereocenters. The molecule has 0 bridgehead atoms. The number of hydrogen-bond acceptors (Lipinski definition) is 5. The van der Waals surface area contributed by atoms with Crippen molar-refractivity contribution in [3.8, 4) is 5.19 Å². The van der Waals surface area contributed by atoms with Gasteiger partial charge in [0, 0.05) is 10.0 Å². The fourth-order valence-electron chi connectivity index (χ4n) is 1.48. The highest BCUT2D eigenvalue weighted by molar-refractivity contribution is 9.10. The molecule has 1 aromatic heterocycles. The summed E-state index contributed by atoms with van der Waals surface area (Å²) in [6.45, 7) is 7.58. The lowest BCUT2D eigenvalue weighted by Gasteiger charge is -2.19. The summed E-state index contributed by atoms with van der Waals surface area (Å²) in [4.78, 5) is 0. The van der Waals surface area contributed by atoms with E-state index < -0.39 is 0 Å². The molecule has 0 amide bonds. The minimum absolute atomic E-state index is 0.0724. The third-order valence-electron chi connectivity index (χ3n) is 2.47. The van der Waals surface area contributed by atoms with E-state index in [0.717, 1.165) is 15.0 Å². The molecular weight excluding hydrogens is 338 g/mol. The first-order chi connectivity index (χ1) is 9.42. The quantitative estimate of drug-likeness (QED) is 0.886. The summed E-state index contributed by atoms with van der Waals surface area (Å²) in [6.07, 6.45) is 0. The molecule has 0 aliphatic carbocycles. The van der Waals surface area contributed by atoms with Crippen molar-refractivity contribution in [2.24, 2.45) is 0 Å². The monoisotopic (exact) mass is 355 g/mol. The number of aromatic nitrogens is 2. The Morgan fingerprint density at radius 3 is 2.80 bits per heavy atom. The predicted octanol–water partition coefficient (Wildman–Crippen LogP) is 3.77. The van der Waals surface area contributed by atoms with Gasteiger partial charge in [0.05, 0.1) is 6.54 Å². The van der Waals surface area contributed by atoms with Crippen LogP contribution in [-0.4, -0.2) is 15.7 Å². The lowest BCUT2D eigenvalue weighted by atomic mass is 10.1. The average molecular weight is 356 g/mol. The Kier molecular flexibility index (Phi) is 5.12. The second-order valence-electron chi connectivity index (χ2n) is 5.48. The molecule has 1 N–H and O–H groups in total. The van der Waals surface area contributed by atoms with Crippen LogP contribution in [0.2, 0.25) is 0 Å². The van der Waals surface area contributed by atoms with E-state index in [2.05, 4.69) is 52.2 Å². The molecule has 0 aliphatic heterocycles. The summed E-state index contributed by atoms with van der Waals surface area (Å²) < 4.78 is 6.70. The molecule has 0 atom stereocenters. The van der Waals surface area contributed by atoms with Crippen molar-refractivity contribution in [2.75, 3.05) is 0 Å². The number of hydrogen-bond donors (Lipinski definition) is 1. The van der Waals surface area contributed by atoms with E-state index >= 15 is 0 Å². The number of ether oxygens (including phenoxy) is 1.